The Kier molecular flexibility index (Phi) is 4.03. The zero-order valence-corrected chi connectivity index (χ0v) is 13.4. The topological polar surface area (TPSA) is 72.6 Å². The summed E-state index contributed by atoms with van der Waals surface area (Å²) in [5.41, 5.74) is 2.18. The molecule has 0 saturated carbocycles. The summed E-state index contributed by atoms with van der Waals surface area (Å²) in [7, 11) is -3.53. The fourth-order valence-corrected chi connectivity index (χ4v) is 4.12. The van der Waals surface area contributed by atoms with E-state index in [1.807, 2.05) is 13.0 Å². The molecule has 22 heavy (non-hydrogen) atoms. The average molecular weight is 322 g/mol. The molecule has 0 bridgehead atoms. The molecular formula is C15H18N2O4S. The second-order valence-electron chi connectivity index (χ2n) is 5.33. The van der Waals surface area contributed by atoms with Gasteiger partial charge >= 0.3 is 0 Å². The summed E-state index contributed by atoms with van der Waals surface area (Å²) in [5.74, 6) is 0.566. The molecule has 1 aromatic heterocycles. The van der Waals surface area contributed by atoms with Crippen LogP contribution in [0.15, 0.2) is 33.7 Å². The van der Waals surface area contributed by atoms with Gasteiger partial charge in [0, 0.05) is 24.7 Å². The lowest BCUT2D eigenvalue weighted by molar-refractivity contribution is 0.0730. The van der Waals surface area contributed by atoms with Crippen molar-refractivity contribution in [1.29, 1.82) is 0 Å². The molecule has 1 aliphatic rings. The Morgan fingerprint density at radius 3 is 2.50 bits per heavy atom. The molecule has 0 amide bonds. The summed E-state index contributed by atoms with van der Waals surface area (Å²) in [5, 5.41) is 3.85. The second kappa shape index (κ2) is 5.83. The predicted octanol–water partition coefficient (Wildman–Crippen LogP) is 1.98. The van der Waals surface area contributed by atoms with E-state index in [0.717, 1.165) is 5.69 Å². The largest absolute Gasteiger partial charge is 0.379 e. The Bertz CT molecular complexity index is 777. The lowest BCUT2D eigenvalue weighted by Gasteiger charge is -2.26. The van der Waals surface area contributed by atoms with Crippen LogP contribution in [0.3, 0.4) is 0 Å². The van der Waals surface area contributed by atoms with E-state index in [-0.39, 0.29) is 0 Å². The number of morpholine rings is 1. The van der Waals surface area contributed by atoms with E-state index in [1.165, 1.54) is 4.31 Å². The molecule has 3 rings (SSSR count). The number of benzene rings is 1. The van der Waals surface area contributed by atoms with E-state index in [4.69, 9.17) is 9.26 Å². The Labute approximate surface area is 129 Å². The third kappa shape index (κ3) is 2.79. The number of sulfonamides is 1. The van der Waals surface area contributed by atoms with Gasteiger partial charge in [0.15, 0.2) is 5.76 Å². The lowest BCUT2D eigenvalue weighted by atomic mass is 10.1. The van der Waals surface area contributed by atoms with E-state index < -0.39 is 10.0 Å². The van der Waals surface area contributed by atoms with Crippen molar-refractivity contribution in [2.45, 2.75) is 18.7 Å². The molecule has 1 aromatic carbocycles. The maximum absolute atomic E-state index is 12.8. The van der Waals surface area contributed by atoms with Crippen molar-refractivity contribution in [3.05, 3.63) is 35.5 Å². The zero-order valence-electron chi connectivity index (χ0n) is 12.6. The second-order valence-corrected chi connectivity index (χ2v) is 7.24. The number of hydrogen-bond donors (Lipinski definition) is 0. The maximum atomic E-state index is 12.8. The molecule has 0 N–H and O–H groups in total. The van der Waals surface area contributed by atoms with Gasteiger partial charge in [0.2, 0.25) is 10.0 Å². The minimum Gasteiger partial charge on any atom is -0.379 e. The first-order chi connectivity index (χ1) is 10.5. The summed E-state index contributed by atoms with van der Waals surface area (Å²) < 4.78 is 37.6. The molecule has 7 heteroatoms. The first kappa shape index (κ1) is 15.2. The summed E-state index contributed by atoms with van der Waals surface area (Å²) in [6.07, 6.45) is 0. The van der Waals surface area contributed by atoms with Gasteiger partial charge in [-0.2, -0.15) is 4.31 Å². The monoisotopic (exact) mass is 322 g/mol. The Morgan fingerprint density at radius 1 is 1.14 bits per heavy atom. The smallest absolute Gasteiger partial charge is 0.243 e. The van der Waals surface area contributed by atoms with E-state index in [9.17, 15) is 8.42 Å². The van der Waals surface area contributed by atoms with E-state index in [2.05, 4.69) is 5.16 Å². The number of ether oxygens (including phenoxy) is 1. The molecule has 1 saturated heterocycles. The third-order valence-electron chi connectivity index (χ3n) is 3.69. The summed E-state index contributed by atoms with van der Waals surface area (Å²) in [6.45, 7) is 5.24. The Balaban J connectivity index is 2.02. The molecule has 0 radical (unpaired) electrons. The van der Waals surface area contributed by atoms with Crippen LogP contribution in [-0.4, -0.2) is 44.2 Å². The highest BCUT2D eigenvalue weighted by molar-refractivity contribution is 7.89. The summed E-state index contributed by atoms with van der Waals surface area (Å²) in [4.78, 5) is 0.306. The fraction of sp³-hybridized carbons (Fsp3) is 0.400. The first-order valence-electron chi connectivity index (χ1n) is 7.11. The summed E-state index contributed by atoms with van der Waals surface area (Å²) in [6, 6.07) is 7.07. The highest BCUT2D eigenvalue weighted by Gasteiger charge is 2.28. The molecule has 2 heterocycles. The van der Waals surface area contributed by atoms with Crippen LogP contribution >= 0.6 is 0 Å². The van der Waals surface area contributed by atoms with Crippen molar-refractivity contribution >= 4 is 10.0 Å². The SMILES string of the molecule is Cc1cc(-c2ccc(C)c(S(=O)(=O)N3CCOCC3)c2)on1. The van der Waals surface area contributed by atoms with Crippen LogP contribution in [0.4, 0.5) is 0 Å². The van der Waals surface area contributed by atoms with E-state index >= 15 is 0 Å². The predicted molar refractivity (Wildman–Crippen MR) is 81.0 cm³/mol. The van der Waals surface area contributed by atoms with Crippen molar-refractivity contribution < 1.29 is 17.7 Å². The summed E-state index contributed by atoms with van der Waals surface area (Å²) >= 11 is 0. The van der Waals surface area contributed by atoms with Crippen LogP contribution in [0.1, 0.15) is 11.3 Å². The van der Waals surface area contributed by atoms with Gasteiger partial charge in [0.05, 0.1) is 23.8 Å². The van der Waals surface area contributed by atoms with Crippen LogP contribution in [0.5, 0.6) is 0 Å². The van der Waals surface area contributed by atoms with Crippen molar-refractivity contribution in [3.63, 3.8) is 0 Å². The van der Waals surface area contributed by atoms with Gasteiger partial charge in [0.25, 0.3) is 0 Å². The van der Waals surface area contributed by atoms with E-state index in [0.29, 0.717) is 48.1 Å². The van der Waals surface area contributed by atoms with Crippen LogP contribution in [0.25, 0.3) is 11.3 Å². The number of nitrogens with zero attached hydrogens (tertiary/aromatic N) is 2. The molecule has 118 valence electrons. The quantitative estimate of drug-likeness (QED) is 0.864. The van der Waals surface area contributed by atoms with Gasteiger partial charge in [-0.3, -0.25) is 0 Å². The molecular weight excluding hydrogens is 304 g/mol. The van der Waals surface area contributed by atoms with Gasteiger partial charge in [-0.25, -0.2) is 8.42 Å². The number of aromatic nitrogens is 1. The van der Waals surface area contributed by atoms with Crippen LogP contribution in [0, 0.1) is 13.8 Å². The number of aryl methyl sites for hydroxylation is 2. The van der Waals surface area contributed by atoms with Crippen molar-refractivity contribution in [2.24, 2.45) is 0 Å². The van der Waals surface area contributed by atoms with Gasteiger partial charge in [-0.15, -0.1) is 0 Å². The van der Waals surface area contributed by atoms with Gasteiger partial charge in [-0.05, 0) is 25.5 Å². The van der Waals surface area contributed by atoms with Crippen LogP contribution in [-0.2, 0) is 14.8 Å². The highest BCUT2D eigenvalue weighted by Crippen LogP contribution is 2.27. The van der Waals surface area contributed by atoms with Crippen molar-refractivity contribution in [1.82, 2.24) is 9.46 Å². The first-order valence-corrected chi connectivity index (χ1v) is 8.55. The lowest BCUT2D eigenvalue weighted by Crippen LogP contribution is -2.40. The van der Waals surface area contributed by atoms with Gasteiger partial charge in [-0.1, -0.05) is 17.3 Å². The van der Waals surface area contributed by atoms with Crippen LogP contribution < -0.4 is 0 Å². The number of rotatable bonds is 3. The molecule has 1 fully saturated rings. The normalized spacial score (nSPS) is 16.8. The van der Waals surface area contributed by atoms with Crippen molar-refractivity contribution in [2.75, 3.05) is 26.3 Å². The number of hydrogen-bond acceptors (Lipinski definition) is 5. The molecule has 2 aromatic rings. The maximum Gasteiger partial charge on any atom is 0.243 e. The fourth-order valence-electron chi connectivity index (χ4n) is 2.46. The molecule has 0 unspecified atom stereocenters. The Hall–Kier alpha value is -1.70. The molecule has 1 aliphatic heterocycles. The minimum atomic E-state index is -3.53. The molecule has 0 aliphatic carbocycles. The van der Waals surface area contributed by atoms with Gasteiger partial charge < -0.3 is 9.26 Å². The Morgan fingerprint density at radius 2 is 1.86 bits per heavy atom. The average Bonchev–Trinajstić information content (AvgIpc) is 2.95. The zero-order chi connectivity index (χ0) is 15.7. The molecule has 0 atom stereocenters. The third-order valence-corrected chi connectivity index (χ3v) is 5.73. The molecule has 0 spiro atoms. The van der Waals surface area contributed by atoms with Crippen LogP contribution in [0.2, 0.25) is 0 Å². The highest BCUT2D eigenvalue weighted by atomic mass is 32.2. The minimum absolute atomic E-state index is 0.306. The van der Waals surface area contributed by atoms with Crippen molar-refractivity contribution in [3.8, 4) is 11.3 Å². The van der Waals surface area contributed by atoms with Gasteiger partial charge in [0.1, 0.15) is 0 Å². The van der Waals surface area contributed by atoms with E-state index in [1.54, 1.807) is 25.1 Å². The standard InChI is InChI=1S/C15H18N2O4S/c1-11-3-4-13(14-9-12(2)16-21-14)10-15(11)22(18,19)17-5-7-20-8-6-17/h3-4,9-10H,5-8H2,1-2H3. The molecule has 6 nitrogen and oxygen atoms in total.